The number of fused-ring (bicyclic) bond motifs is 1. The van der Waals surface area contributed by atoms with Crippen molar-refractivity contribution in [1.82, 2.24) is 25.0 Å². The van der Waals surface area contributed by atoms with E-state index in [-0.39, 0.29) is 5.82 Å². The summed E-state index contributed by atoms with van der Waals surface area (Å²) in [6, 6.07) is 13.9. The molecule has 5 nitrogen and oxygen atoms in total. The number of rotatable bonds is 4. The summed E-state index contributed by atoms with van der Waals surface area (Å²) in [5.41, 5.74) is 2.53. The van der Waals surface area contributed by atoms with Gasteiger partial charge in [-0.2, -0.15) is 4.68 Å². The van der Waals surface area contributed by atoms with Crippen molar-refractivity contribution in [3.63, 3.8) is 0 Å². The molecule has 8 heteroatoms. The van der Waals surface area contributed by atoms with Gasteiger partial charge in [-0.1, -0.05) is 52.8 Å². The van der Waals surface area contributed by atoms with Crippen LogP contribution in [0.4, 0.5) is 4.39 Å². The van der Waals surface area contributed by atoms with Gasteiger partial charge in [-0.3, -0.25) is 0 Å². The Bertz CT molecular complexity index is 1050. The standard InChI is InChI=1S/C17H11ClFN5S/c18-12-5-3-6-13(8-12)24-16-15(22-23-24)17(21-10-20-16)25-9-11-4-1-2-7-14(11)19/h1-8,10H,9H2. The molecular formula is C17H11ClFN5S. The molecule has 2 heterocycles. The maximum Gasteiger partial charge on any atom is 0.187 e. The topological polar surface area (TPSA) is 56.5 Å². The van der Waals surface area contributed by atoms with Crippen LogP contribution in [0.3, 0.4) is 0 Å². The van der Waals surface area contributed by atoms with Crippen molar-refractivity contribution in [3.05, 3.63) is 71.3 Å². The quantitative estimate of drug-likeness (QED) is 0.395. The molecule has 0 atom stereocenters. The molecule has 124 valence electrons. The van der Waals surface area contributed by atoms with Crippen molar-refractivity contribution in [2.75, 3.05) is 0 Å². The van der Waals surface area contributed by atoms with Gasteiger partial charge in [0.05, 0.1) is 5.69 Å². The molecule has 25 heavy (non-hydrogen) atoms. The molecule has 0 bridgehead atoms. The zero-order valence-electron chi connectivity index (χ0n) is 12.8. The molecule has 0 fully saturated rings. The van der Waals surface area contributed by atoms with E-state index in [9.17, 15) is 4.39 Å². The summed E-state index contributed by atoms with van der Waals surface area (Å²) in [7, 11) is 0. The number of nitrogens with zero attached hydrogens (tertiary/aromatic N) is 5. The van der Waals surface area contributed by atoms with Crippen molar-refractivity contribution in [2.45, 2.75) is 10.8 Å². The molecule has 0 amide bonds. The minimum atomic E-state index is -0.233. The molecule has 0 radical (unpaired) electrons. The average molecular weight is 372 g/mol. The van der Waals surface area contributed by atoms with E-state index in [0.717, 1.165) is 5.69 Å². The summed E-state index contributed by atoms with van der Waals surface area (Å²) in [6.07, 6.45) is 1.45. The number of benzene rings is 2. The second kappa shape index (κ2) is 6.78. The van der Waals surface area contributed by atoms with Crippen LogP contribution in [0.25, 0.3) is 16.9 Å². The van der Waals surface area contributed by atoms with Crippen LogP contribution in [0.2, 0.25) is 5.02 Å². The van der Waals surface area contributed by atoms with Crippen molar-refractivity contribution >= 4 is 34.5 Å². The smallest absolute Gasteiger partial charge is 0.187 e. The average Bonchev–Trinajstić information content (AvgIpc) is 3.06. The van der Waals surface area contributed by atoms with Gasteiger partial charge in [0, 0.05) is 10.8 Å². The maximum absolute atomic E-state index is 13.8. The van der Waals surface area contributed by atoms with Crippen LogP contribution in [0.5, 0.6) is 0 Å². The molecule has 0 unspecified atom stereocenters. The van der Waals surface area contributed by atoms with E-state index >= 15 is 0 Å². The van der Waals surface area contributed by atoms with Crippen molar-refractivity contribution in [1.29, 1.82) is 0 Å². The molecule has 2 aromatic carbocycles. The van der Waals surface area contributed by atoms with Gasteiger partial charge in [0.1, 0.15) is 17.2 Å². The van der Waals surface area contributed by atoms with E-state index in [1.165, 1.54) is 24.2 Å². The maximum atomic E-state index is 13.8. The number of hydrogen-bond donors (Lipinski definition) is 0. The largest absolute Gasteiger partial charge is 0.227 e. The molecule has 0 aliphatic rings. The lowest BCUT2D eigenvalue weighted by Crippen LogP contribution is -1.98. The number of thioether (sulfide) groups is 1. The lowest BCUT2D eigenvalue weighted by Gasteiger charge is -2.04. The van der Waals surface area contributed by atoms with E-state index in [0.29, 0.717) is 32.5 Å². The first-order valence-electron chi connectivity index (χ1n) is 7.41. The Kier molecular flexibility index (Phi) is 4.33. The van der Waals surface area contributed by atoms with Crippen LogP contribution in [0.15, 0.2) is 59.9 Å². The summed E-state index contributed by atoms with van der Waals surface area (Å²) in [5.74, 6) is 0.214. The van der Waals surface area contributed by atoms with Gasteiger partial charge in [-0.25, -0.2) is 14.4 Å². The molecule has 2 aromatic heterocycles. The summed E-state index contributed by atoms with van der Waals surface area (Å²) < 4.78 is 15.4. The Morgan fingerprint density at radius 2 is 1.96 bits per heavy atom. The number of halogens is 2. The molecule has 0 saturated carbocycles. The Morgan fingerprint density at radius 1 is 1.08 bits per heavy atom. The van der Waals surface area contributed by atoms with Crippen LogP contribution >= 0.6 is 23.4 Å². The predicted molar refractivity (Wildman–Crippen MR) is 95.4 cm³/mol. The predicted octanol–water partition coefficient (Wildman–Crippen LogP) is 4.30. The van der Waals surface area contributed by atoms with Crippen LogP contribution in [0, 0.1) is 5.82 Å². The number of hydrogen-bond acceptors (Lipinski definition) is 5. The minimum Gasteiger partial charge on any atom is -0.227 e. The second-order valence-corrected chi connectivity index (χ2v) is 6.61. The molecule has 0 aliphatic carbocycles. The zero-order chi connectivity index (χ0) is 17.2. The highest BCUT2D eigenvalue weighted by Crippen LogP contribution is 2.27. The van der Waals surface area contributed by atoms with Gasteiger partial charge in [-0.05, 0) is 29.8 Å². The molecule has 0 saturated heterocycles. The highest BCUT2D eigenvalue weighted by atomic mass is 35.5. The molecule has 0 spiro atoms. The van der Waals surface area contributed by atoms with E-state index in [1.807, 2.05) is 18.2 Å². The second-order valence-electron chi connectivity index (χ2n) is 5.21. The first kappa shape index (κ1) is 16.0. The van der Waals surface area contributed by atoms with Crippen LogP contribution in [0.1, 0.15) is 5.56 Å². The Hall–Kier alpha value is -2.51. The fourth-order valence-corrected chi connectivity index (χ4v) is 3.48. The Balaban J connectivity index is 1.68. The van der Waals surface area contributed by atoms with E-state index in [4.69, 9.17) is 11.6 Å². The fourth-order valence-electron chi connectivity index (χ4n) is 2.38. The van der Waals surface area contributed by atoms with E-state index in [1.54, 1.807) is 28.9 Å². The zero-order valence-corrected chi connectivity index (χ0v) is 14.4. The van der Waals surface area contributed by atoms with E-state index in [2.05, 4.69) is 20.3 Å². The molecule has 0 aliphatic heterocycles. The molecule has 4 rings (SSSR count). The normalized spacial score (nSPS) is 11.1. The summed E-state index contributed by atoms with van der Waals surface area (Å²) >= 11 is 7.44. The van der Waals surface area contributed by atoms with Gasteiger partial charge in [-0.15, -0.1) is 5.10 Å². The van der Waals surface area contributed by atoms with Gasteiger partial charge >= 0.3 is 0 Å². The van der Waals surface area contributed by atoms with Crippen molar-refractivity contribution in [2.24, 2.45) is 0 Å². The third-order valence-electron chi connectivity index (χ3n) is 3.58. The first-order valence-corrected chi connectivity index (χ1v) is 8.77. The highest BCUT2D eigenvalue weighted by Gasteiger charge is 2.14. The van der Waals surface area contributed by atoms with Crippen LogP contribution in [-0.4, -0.2) is 25.0 Å². The third kappa shape index (κ3) is 3.20. The minimum absolute atomic E-state index is 0.233. The molecular weight excluding hydrogens is 361 g/mol. The fraction of sp³-hybridized carbons (Fsp3) is 0.0588. The summed E-state index contributed by atoms with van der Waals surface area (Å²) in [6.45, 7) is 0. The van der Waals surface area contributed by atoms with Gasteiger partial charge < -0.3 is 0 Å². The monoisotopic (exact) mass is 371 g/mol. The molecule has 0 N–H and O–H groups in total. The lowest BCUT2D eigenvalue weighted by molar-refractivity contribution is 0.617. The highest BCUT2D eigenvalue weighted by molar-refractivity contribution is 7.98. The van der Waals surface area contributed by atoms with Crippen molar-refractivity contribution in [3.8, 4) is 5.69 Å². The SMILES string of the molecule is Fc1ccccc1CSc1ncnc2c1nnn2-c1cccc(Cl)c1. The Morgan fingerprint density at radius 3 is 2.80 bits per heavy atom. The lowest BCUT2D eigenvalue weighted by atomic mass is 10.2. The van der Waals surface area contributed by atoms with Crippen LogP contribution in [-0.2, 0) is 5.75 Å². The van der Waals surface area contributed by atoms with Crippen LogP contribution < -0.4 is 0 Å². The summed E-state index contributed by atoms with van der Waals surface area (Å²) in [5, 5.41) is 9.60. The van der Waals surface area contributed by atoms with Crippen molar-refractivity contribution < 1.29 is 4.39 Å². The number of aromatic nitrogens is 5. The van der Waals surface area contributed by atoms with Gasteiger partial charge in [0.15, 0.2) is 11.2 Å². The summed E-state index contributed by atoms with van der Waals surface area (Å²) in [4.78, 5) is 8.54. The Labute approximate surface area is 151 Å². The van der Waals surface area contributed by atoms with E-state index < -0.39 is 0 Å². The van der Waals surface area contributed by atoms with Gasteiger partial charge in [0.2, 0.25) is 0 Å². The first-order chi connectivity index (χ1) is 12.2. The third-order valence-corrected chi connectivity index (χ3v) is 4.84. The van der Waals surface area contributed by atoms with Gasteiger partial charge in [0.25, 0.3) is 0 Å². The molecule has 4 aromatic rings.